The molecule has 2 heterocycles. The van der Waals surface area contributed by atoms with Crippen LogP contribution in [0, 0.1) is 0 Å². The normalized spacial score (nSPS) is 14.7. The number of fused-ring (bicyclic) bond motifs is 2. The van der Waals surface area contributed by atoms with E-state index in [1.54, 1.807) is 6.20 Å². The summed E-state index contributed by atoms with van der Waals surface area (Å²) in [5, 5.41) is 0. The molecule has 2 aromatic carbocycles. The van der Waals surface area contributed by atoms with Gasteiger partial charge in [0.25, 0.3) is 0 Å². The molecule has 1 aromatic heterocycles. The fraction of sp³-hybridized carbons (Fsp3) is 0.176. The highest BCUT2D eigenvalue weighted by atomic mass is 16.5. The van der Waals surface area contributed by atoms with Crippen LogP contribution in [0.4, 0.5) is 0 Å². The highest BCUT2D eigenvalue weighted by Crippen LogP contribution is 2.34. The van der Waals surface area contributed by atoms with Gasteiger partial charge in [-0.3, -0.25) is 4.98 Å². The molecule has 4 nitrogen and oxygen atoms in total. The predicted octanol–water partition coefficient (Wildman–Crippen LogP) is 2.61. The van der Waals surface area contributed by atoms with E-state index in [9.17, 15) is 0 Å². The summed E-state index contributed by atoms with van der Waals surface area (Å²) in [6, 6.07) is 13.6. The molecular weight excluding hydrogens is 262 g/mol. The van der Waals surface area contributed by atoms with E-state index in [1.807, 2.05) is 36.4 Å². The number of hydrogen-bond acceptors (Lipinski definition) is 4. The van der Waals surface area contributed by atoms with E-state index >= 15 is 0 Å². The van der Waals surface area contributed by atoms with E-state index in [0.717, 1.165) is 41.1 Å². The fourth-order valence-corrected chi connectivity index (χ4v) is 2.77. The molecule has 104 valence electrons. The average Bonchev–Trinajstić information content (AvgIpc) is 3.02. The van der Waals surface area contributed by atoms with Crippen molar-refractivity contribution < 1.29 is 4.74 Å². The number of rotatable bonds is 2. The van der Waals surface area contributed by atoms with Crippen LogP contribution in [0.25, 0.3) is 11.0 Å². The van der Waals surface area contributed by atoms with Gasteiger partial charge in [-0.15, -0.1) is 0 Å². The van der Waals surface area contributed by atoms with E-state index < -0.39 is 0 Å². The Morgan fingerprint density at radius 1 is 1.05 bits per heavy atom. The summed E-state index contributed by atoms with van der Waals surface area (Å²) in [5.74, 6) is 0.917. The zero-order valence-electron chi connectivity index (χ0n) is 11.5. The molecule has 0 aliphatic carbocycles. The van der Waals surface area contributed by atoms with Crippen molar-refractivity contribution in [1.82, 2.24) is 9.97 Å². The number of para-hydroxylation sites is 3. The van der Waals surface area contributed by atoms with Gasteiger partial charge in [-0.1, -0.05) is 30.3 Å². The SMILES string of the molecule is NC(c1cnc2ccccc2n1)c1cccc2c1OCC2. The van der Waals surface area contributed by atoms with Crippen LogP contribution < -0.4 is 10.5 Å². The lowest BCUT2D eigenvalue weighted by molar-refractivity contribution is 0.352. The maximum Gasteiger partial charge on any atom is 0.127 e. The van der Waals surface area contributed by atoms with Crippen LogP contribution in [0.1, 0.15) is 22.9 Å². The Balaban J connectivity index is 1.80. The van der Waals surface area contributed by atoms with Gasteiger partial charge in [0.05, 0.1) is 35.6 Å². The molecule has 0 spiro atoms. The largest absolute Gasteiger partial charge is 0.493 e. The van der Waals surface area contributed by atoms with Crippen LogP contribution in [-0.2, 0) is 6.42 Å². The van der Waals surface area contributed by atoms with Gasteiger partial charge in [-0.25, -0.2) is 4.98 Å². The molecule has 0 saturated heterocycles. The number of nitrogens with two attached hydrogens (primary N) is 1. The molecule has 2 N–H and O–H groups in total. The molecule has 0 radical (unpaired) electrons. The Labute approximate surface area is 122 Å². The zero-order chi connectivity index (χ0) is 14.2. The summed E-state index contributed by atoms with van der Waals surface area (Å²) in [7, 11) is 0. The summed E-state index contributed by atoms with van der Waals surface area (Å²) in [5.41, 5.74) is 11.1. The molecule has 4 rings (SSSR count). The minimum absolute atomic E-state index is 0.324. The van der Waals surface area contributed by atoms with Crippen molar-refractivity contribution in [3.8, 4) is 5.75 Å². The molecule has 0 saturated carbocycles. The first-order valence-corrected chi connectivity index (χ1v) is 7.05. The Hall–Kier alpha value is -2.46. The lowest BCUT2D eigenvalue weighted by Crippen LogP contribution is -2.15. The lowest BCUT2D eigenvalue weighted by atomic mass is 10.0. The van der Waals surface area contributed by atoms with Crippen molar-refractivity contribution in [2.24, 2.45) is 5.73 Å². The second-order valence-corrected chi connectivity index (χ2v) is 5.20. The van der Waals surface area contributed by atoms with Gasteiger partial charge in [-0.05, 0) is 17.7 Å². The molecular formula is C17H15N3O. The van der Waals surface area contributed by atoms with Crippen molar-refractivity contribution in [1.29, 1.82) is 0 Å². The van der Waals surface area contributed by atoms with Gasteiger partial charge < -0.3 is 10.5 Å². The second kappa shape index (κ2) is 4.82. The van der Waals surface area contributed by atoms with Crippen LogP contribution >= 0.6 is 0 Å². The third-order valence-electron chi connectivity index (χ3n) is 3.87. The second-order valence-electron chi connectivity index (χ2n) is 5.20. The maximum absolute atomic E-state index is 6.40. The summed E-state index contributed by atoms with van der Waals surface area (Å²) in [6.07, 6.45) is 2.70. The average molecular weight is 277 g/mol. The highest BCUT2D eigenvalue weighted by molar-refractivity contribution is 5.73. The molecule has 0 fully saturated rings. The van der Waals surface area contributed by atoms with Crippen molar-refractivity contribution in [3.05, 3.63) is 65.5 Å². The predicted molar refractivity (Wildman–Crippen MR) is 81.2 cm³/mol. The molecule has 1 atom stereocenters. The Kier molecular flexibility index (Phi) is 2.82. The molecule has 3 aromatic rings. The Bertz CT molecular complexity index is 816. The topological polar surface area (TPSA) is 61.0 Å². The number of benzene rings is 2. The van der Waals surface area contributed by atoms with Gasteiger partial charge >= 0.3 is 0 Å². The first-order chi connectivity index (χ1) is 10.3. The standard InChI is InChI=1S/C17H15N3O/c18-16(12-5-3-4-11-8-9-21-17(11)12)15-10-19-13-6-1-2-7-14(13)20-15/h1-7,10,16H,8-9,18H2. The van der Waals surface area contributed by atoms with E-state index in [4.69, 9.17) is 10.5 Å². The molecule has 21 heavy (non-hydrogen) atoms. The Morgan fingerprint density at radius 2 is 1.90 bits per heavy atom. The molecule has 1 aliphatic heterocycles. The number of aromatic nitrogens is 2. The van der Waals surface area contributed by atoms with Gasteiger partial charge in [0.2, 0.25) is 0 Å². The van der Waals surface area contributed by atoms with Crippen molar-refractivity contribution in [2.45, 2.75) is 12.5 Å². The van der Waals surface area contributed by atoms with Gasteiger partial charge in [0.1, 0.15) is 5.75 Å². The quantitative estimate of drug-likeness (QED) is 0.782. The van der Waals surface area contributed by atoms with E-state index in [0.29, 0.717) is 0 Å². The minimum atomic E-state index is -0.324. The summed E-state index contributed by atoms with van der Waals surface area (Å²) in [4.78, 5) is 9.07. The van der Waals surface area contributed by atoms with E-state index in [-0.39, 0.29) is 6.04 Å². The Morgan fingerprint density at radius 3 is 2.81 bits per heavy atom. The zero-order valence-corrected chi connectivity index (χ0v) is 11.5. The molecule has 4 heteroatoms. The fourth-order valence-electron chi connectivity index (χ4n) is 2.77. The van der Waals surface area contributed by atoms with Crippen LogP contribution in [0.3, 0.4) is 0 Å². The number of ether oxygens (including phenoxy) is 1. The molecule has 0 bridgehead atoms. The summed E-state index contributed by atoms with van der Waals surface area (Å²) in [6.45, 7) is 0.725. The number of nitrogens with zero attached hydrogens (tertiary/aromatic N) is 2. The van der Waals surface area contributed by atoms with Crippen molar-refractivity contribution >= 4 is 11.0 Å². The van der Waals surface area contributed by atoms with Crippen LogP contribution in [0.15, 0.2) is 48.7 Å². The third kappa shape index (κ3) is 2.04. The van der Waals surface area contributed by atoms with Gasteiger partial charge in [0.15, 0.2) is 0 Å². The highest BCUT2D eigenvalue weighted by Gasteiger charge is 2.22. The molecule has 1 unspecified atom stereocenters. The van der Waals surface area contributed by atoms with E-state index in [1.165, 1.54) is 5.56 Å². The first kappa shape index (κ1) is 12.3. The lowest BCUT2D eigenvalue weighted by Gasteiger charge is -2.15. The van der Waals surface area contributed by atoms with Crippen LogP contribution in [0.5, 0.6) is 5.75 Å². The van der Waals surface area contributed by atoms with Gasteiger partial charge in [0, 0.05) is 12.0 Å². The minimum Gasteiger partial charge on any atom is -0.493 e. The monoisotopic (exact) mass is 277 g/mol. The summed E-state index contributed by atoms with van der Waals surface area (Å²) >= 11 is 0. The van der Waals surface area contributed by atoms with Crippen LogP contribution in [-0.4, -0.2) is 16.6 Å². The molecule has 1 aliphatic rings. The van der Waals surface area contributed by atoms with Crippen molar-refractivity contribution in [2.75, 3.05) is 6.61 Å². The maximum atomic E-state index is 6.40. The third-order valence-corrected chi connectivity index (χ3v) is 3.87. The van der Waals surface area contributed by atoms with Crippen molar-refractivity contribution in [3.63, 3.8) is 0 Å². The van der Waals surface area contributed by atoms with Crippen LogP contribution in [0.2, 0.25) is 0 Å². The van der Waals surface area contributed by atoms with E-state index in [2.05, 4.69) is 16.0 Å². The number of hydrogen-bond donors (Lipinski definition) is 1. The smallest absolute Gasteiger partial charge is 0.127 e. The first-order valence-electron chi connectivity index (χ1n) is 7.05. The van der Waals surface area contributed by atoms with Gasteiger partial charge in [-0.2, -0.15) is 0 Å². The molecule has 0 amide bonds. The summed E-state index contributed by atoms with van der Waals surface area (Å²) < 4.78 is 5.73.